The molecular weight excluding hydrogens is 452 g/mol. The lowest BCUT2D eigenvalue weighted by Crippen LogP contribution is -2.21. The molecule has 11 nitrogen and oxygen atoms in total. The number of likely N-dealkylation sites (N-methyl/N-ethyl adjacent to an activating group) is 1. The average molecular weight is 487 g/mol. The molecule has 0 saturated carbocycles. The molecular formula is C24H34N6O5. The normalized spacial score (nSPS) is 9.60. The second kappa shape index (κ2) is 14.7. The molecule has 0 unspecified atom stereocenters. The van der Waals surface area contributed by atoms with Gasteiger partial charge < -0.3 is 42.0 Å². The number of nitrogens with zero attached hydrogens (tertiary/aromatic N) is 2. The van der Waals surface area contributed by atoms with E-state index in [2.05, 4.69) is 4.90 Å². The van der Waals surface area contributed by atoms with E-state index in [1.807, 2.05) is 31.3 Å². The summed E-state index contributed by atoms with van der Waals surface area (Å²) in [6, 6.07) is 16.8. The Hall–Kier alpha value is -4.38. The van der Waals surface area contributed by atoms with Gasteiger partial charge in [0.1, 0.15) is 11.5 Å². The first-order chi connectivity index (χ1) is 16.6. The van der Waals surface area contributed by atoms with Gasteiger partial charge in [0.15, 0.2) is 0 Å². The van der Waals surface area contributed by atoms with Crippen LogP contribution >= 0.6 is 0 Å². The minimum atomic E-state index is -0.459. The van der Waals surface area contributed by atoms with E-state index in [4.69, 9.17) is 37.1 Å². The van der Waals surface area contributed by atoms with E-state index in [-0.39, 0.29) is 5.69 Å². The molecule has 0 fully saturated rings. The molecule has 0 saturated heterocycles. The smallest absolute Gasteiger partial charge is 0.269 e. The first-order valence-corrected chi connectivity index (χ1v) is 10.4. The zero-order chi connectivity index (χ0) is 26.4. The molecule has 0 radical (unpaired) electrons. The highest BCUT2D eigenvalue weighted by molar-refractivity contribution is 5.67. The van der Waals surface area contributed by atoms with Crippen molar-refractivity contribution in [3.8, 4) is 11.5 Å². The molecule has 0 aromatic heterocycles. The third kappa shape index (κ3) is 9.96. The predicted molar refractivity (Wildman–Crippen MR) is 142 cm³/mol. The molecule has 0 heterocycles. The summed E-state index contributed by atoms with van der Waals surface area (Å²) in [5, 5.41) is 10.1. The van der Waals surface area contributed by atoms with Gasteiger partial charge in [-0.1, -0.05) is 0 Å². The summed E-state index contributed by atoms with van der Waals surface area (Å²) in [5.74, 6) is 1.13. The van der Waals surface area contributed by atoms with Gasteiger partial charge in [0, 0.05) is 62.0 Å². The van der Waals surface area contributed by atoms with Crippen molar-refractivity contribution in [3.05, 3.63) is 70.8 Å². The van der Waals surface area contributed by atoms with Crippen molar-refractivity contribution in [3.63, 3.8) is 0 Å². The van der Waals surface area contributed by atoms with Crippen molar-refractivity contribution in [1.82, 2.24) is 0 Å². The number of ether oxygens (including phenoxy) is 3. The molecule has 0 aliphatic carbocycles. The second-order valence-corrected chi connectivity index (χ2v) is 7.19. The van der Waals surface area contributed by atoms with Crippen molar-refractivity contribution in [1.29, 1.82) is 0 Å². The summed E-state index contributed by atoms with van der Waals surface area (Å²) in [4.78, 5) is 11.7. The molecule has 0 atom stereocenters. The maximum atomic E-state index is 10.1. The number of nitro groups is 1. The van der Waals surface area contributed by atoms with Gasteiger partial charge >= 0.3 is 0 Å². The van der Waals surface area contributed by atoms with E-state index >= 15 is 0 Å². The van der Waals surface area contributed by atoms with Crippen molar-refractivity contribution < 1.29 is 19.1 Å². The standard InChI is InChI=1S/C10H16N2O.C8H12N2O2.C6H6N2O2/c1-12(7-8-13-2)10-5-3-9(11)4-6-10;1-11-7-3-6(10)8(12-2)4-5(7)9;7-5-1-3-6(4-2-5)8(9)10/h3-6H,7-8,11H2,1-2H3;3-4H,9-10H2,1-2H3;1-4H,7H2. The summed E-state index contributed by atoms with van der Waals surface area (Å²) in [6.45, 7) is 1.63. The zero-order valence-corrected chi connectivity index (χ0v) is 20.4. The van der Waals surface area contributed by atoms with Crippen molar-refractivity contribution in [2.45, 2.75) is 0 Å². The maximum absolute atomic E-state index is 10.1. The largest absolute Gasteiger partial charge is 0.495 e. The molecule has 11 heteroatoms. The molecule has 35 heavy (non-hydrogen) atoms. The number of methoxy groups -OCH3 is 3. The SMILES string of the molecule is COCCN(C)c1ccc(N)cc1.COc1cc(N)c(OC)cc1N.Nc1ccc([N+](=O)[O-])cc1. The van der Waals surface area contributed by atoms with Gasteiger partial charge in [-0.15, -0.1) is 0 Å². The maximum Gasteiger partial charge on any atom is 0.269 e. The van der Waals surface area contributed by atoms with Gasteiger partial charge in [0.05, 0.1) is 37.1 Å². The van der Waals surface area contributed by atoms with Crippen LogP contribution in [0, 0.1) is 10.1 Å². The quantitative estimate of drug-likeness (QED) is 0.220. The fourth-order valence-electron chi connectivity index (χ4n) is 2.63. The molecule has 0 aliphatic rings. The number of benzene rings is 3. The highest BCUT2D eigenvalue weighted by Gasteiger charge is 2.05. The number of hydrogen-bond donors (Lipinski definition) is 4. The third-order valence-corrected chi connectivity index (χ3v) is 4.65. The Bertz CT molecular complexity index is 1020. The number of non-ortho nitro benzene ring substituents is 1. The van der Waals surface area contributed by atoms with Crippen LogP contribution in [0.15, 0.2) is 60.7 Å². The number of nitrogens with two attached hydrogens (primary N) is 4. The Morgan fingerprint density at radius 3 is 1.60 bits per heavy atom. The summed E-state index contributed by atoms with van der Waals surface area (Å²) in [6.07, 6.45) is 0. The number of rotatable bonds is 7. The van der Waals surface area contributed by atoms with Crippen molar-refractivity contribution >= 4 is 34.1 Å². The minimum Gasteiger partial charge on any atom is -0.495 e. The van der Waals surface area contributed by atoms with Crippen LogP contribution in [0.25, 0.3) is 0 Å². The lowest BCUT2D eigenvalue weighted by molar-refractivity contribution is -0.384. The summed E-state index contributed by atoms with van der Waals surface area (Å²) < 4.78 is 14.9. The van der Waals surface area contributed by atoms with Crippen LogP contribution in [-0.4, -0.2) is 46.5 Å². The van der Waals surface area contributed by atoms with Crippen LogP contribution in [0.4, 0.5) is 34.1 Å². The predicted octanol–water partition coefficient (Wildman–Crippen LogP) is 3.40. The highest BCUT2D eigenvalue weighted by atomic mass is 16.6. The molecule has 0 bridgehead atoms. The molecule has 190 valence electrons. The molecule has 0 aliphatic heterocycles. The Labute approximate surface area is 205 Å². The Morgan fingerprint density at radius 2 is 1.23 bits per heavy atom. The summed E-state index contributed by atoms with van der Waals surface area (Å²) in [7, 11) is 6.82. The molecule has 3 aromatic carbocycles. The van der Waals surface area contributed by atoms with E-state index < -0.39 is 4.92 Å². The minimum absolute atomic E-state index is 0.0641. The Balaban J connectivity index is 0.000000265. The van der Waals surface area contributed by atoms with E-state index in [1.54, 1.807) is 19.2 Å². The van der Waals surface area contributed by atoms with Crippen LogP contribution in [0.1, 0.15) is 0 Å². The summed E-state index contributed by atoms with van der Waals surface area (Å²) in [5.41, 5.74) is 25.7. The average Bonchev–Trinajstić information content (AvgIpc) is 2.85. The van der Waals surface area contributed by atoms with Crippen LogP contribution in [0.3, 0.4) is 0 Å². The monoisotopic (exact) mass is 486 g/mol. The number of nitrogen functional groups attached to an aromatic ring is 4. The van der Waals surface area contributed by atoms with E-state index in [0.29, 0.717) is 28.6 Å². The Morgan fingerprint density at radius 1 is 0.800 bits per heavy atom. The van der Waals surface area contributed by atoms with Crippen molar-refractivity contribution in [2.75, 3.05) is 69.4 Å². The van der Waals surface area contributed by atoms with Gasteiger partial charge in [-0.05, 0) is 36.4 Å². The lowest BCUT2D eigenvalue weighted by atomic mass is 10.2. The van der Waals surface area contributed by atoms with Crippen molar-refractivity contribution in [2.24, 2.45) is 0 Å². The number of hydrogen-bond acceptors (Lipinski definition) is 10. The molecule has 3 aromatic rings. The van der Waals surface area contributed by atoms with Gasteiger partial charge in [-0.25, -0.2) is 0 Å². The highest BCUT2D eigenvalue weighted by Crippen LogP contribution is 2.32. The molecule has 8 N–H and O–H groups in total. The molecule has 3 rings (SSSR count). The number of nitro benzene ring substituents is 1. The second-order valence-electron chi connectivity index (χ2n) is 7.19. The zero-order valence-electron chi connectivity index (χ0n) is 20.4. The summed E-state index contributed by atoms with van der Waals surface area (Å²) >= 11 is 0. The van der Waals surface area contributed by atoms with Crippen LogP contribution in [0.5, 0.6) is 11.5 Å². The molecule has 0 spiro atoms. The van der Waals surface area contributed by atoms with E-state index in [1.165, 1.54) is 38.5 Å². The Kier molecular flexibility index (Phi) is 12.0. The van der Waals surface area contributed by atoms with E-state index in [9.17, 15) is 10.1 Å². The third-order valence-electron chi connectivity index (χ3n) is 4.65. The first kappa shape index (κ1) is 28.7. The topological polar surface area (TPSA) is 178 Å². The van der Waals surface area contributed by atoms with Crippen LogP contribution in [-0.2, 0) is 4.74 Å². The van der Waals surface area contributed by atoms with Gasteiger partial charge in [0.2, 0.25) is 0 Å². The first-order valence-electron chi connectivity index (χ1n) is 10.4. The fraction of sp³-hybridized carbons (Fsp3) is 0.250. The van der Waals surface area contributed by atoms with Gasteiger partial charge in [0.25, 0.3) is 5.69 Å². The fourth-order valence-corrected chi connectivity index (χ4v) is 2.63. The van der Waals surface area contributed by atoms with Gasteiger partial charge in [-0.2, -0.15) is 0 Å². The number of anilines is 5. The lowest BCUT2D eigenvalue weighted by Gasteiger charge is -2.18. The van der Waals surface area contributed by atoms with E-state index in [0.717, 1.165) is 24.5 Å². The van der Waals surface area contributed by atoms with Crippen LogP contribution in [0.2, 0.25) is 0 Å². The van der Waals surface area contributed by atoms with Gasteiger partial charge in [-0.3, -0.25) is 10.1 Å². The molecule has 0 amide bonds. The van der Waals surface area contributed by atoms with Crippen LogP contribution < -0.4 is 37.3 Å².